The van der Waals surface area contributed by atoms with Crippen molar-refractivity contribution in [3.8, 4) is 0 Å². The minimum atomic E-state index is 0.106. The third-order valence-electron chi connectivity index (χ3n) is 3.16. The average Bonchev–Trinajstić information content (AvgIpc) is 2.33. The van der Waals surface area contributed by atoms with E-state index in [2.05, 4.69) is 57.8 Å². The van der Waals surface area contributed by atoms with Crippen LogP contribution in [0.5, 0.6) is 0 Å². The molecule has 0 amide bonds. The third-order valence-corrected chi connectivity index (χ3v) is 3.47. The first-order valence-electron chi connectivity index (χ1n) is 7.52. The molecule has 0 aliphatic carbocycles. The van der Waals surface area contributed by atoms with Crippen LogP contribution in [0.3, 0.4) is 0 Å². The zero-order valence-electron chi connectivity index (χ0n) is 13.8. The summed E-state index contributed by atoms with van der Waals surface area (Å²) in [4.78, 5) is 2.38. The van der Waals surface area contributed by atoms with Gasteiger partial charge < -0.3 is 10.2 Å². The number of hydrogen-bond donors (Lipinski definition) is 1. The molecule has 0 saturated heterocycles. The van der Waals surface area contributed by atoms with E-state index in [1.54, 1.807) is 0 Å². The first-order valence-corrected chi connectivity index (χ1v) is 7.89. The largest absolute Gasteiger partial charge is 0.370 e. The summed E-state index contributed by atoms with van der Waals surface area (Å²) in [6, 6.07) is 6.19. The van der Waals surface area contributed by atoms with Crippen molar-refractivity contribution in [1.29, 1.82) is 0 Å². The number of anilines is 1. The summed E-state index contributed by atoms with van der Waals surface area (Å²) >= 11 is 6.47. The Morgan fingerprint density at radius 3 is 2.40 bits per heavy atom. The summed E-state index contributed by atoms with van der Waals surface area (Å²) in [6.07, 6.45) is 0. The van der Waals surface area contributed by atoms with E-state index >= 15 is 0 Å². The molecule has 114 valence electrons. The zero-order valence-corrected chi connectivity index (χ0v) is 14.5. The summed E-state index contributed by atoms with van der Waals surface area (Å²) in [5.41, 5.74) is 2.56. The molecule has 1 rings (SSSR count). The van der Waals surface area contributed by atoms with E-state index in [0.717, 1.165) is 24.7 Å². The molecule has 1 aromatic carbocycles. The molecule has 0 heterocycles. The Morgan fingerprint density at radius 1 is 1.25 bits per heavy atom. The highest BCUT2D eigenvalue weighted by atomic mass is 35.5. The molecule has 0 saturated carbocycles. The Morgan fingerprint density at radius 2 is 1.90 bits per heavy atom. The van der Waals surface area contributed by atoms with Gasteiger partial charge in [-0.05, 0) is 45.2 Å². The molecule has 2 nitrogen and oxygen atoms in total. The van der Waals surface area contributed by atoms with Gasteiger partial charge in [0, 0.05) is 25.2 Å². The summed E-state index contributed by atoms with van der Waals surface area (Å²) < 4.78 is 0. The minimum absolute atomic E-state index is 0.106. The van der Waals surface area contributed by atoms with Crippen molar-refractivity contribution in [2.24, 2.45) is 5.92 Å². The summed E-state index contributed by atoms with van der Waals surface area (Å²) in [5, 5.41) is 4.40. The van der Waals surface area contributed by atoms with Gasteiger partial charge in [-0.3, -0.25) is 0 Å². The fourth-order valence-electron chi connectivity index (χ4n) is 2.24. The first-order chi connectivity index (χ1) is 9.24. The normalized spacial score (nSPS) is 12.0. The summed E-state index contributed by atoms with van der Waals surface area (Å²) in [6.45, 7) is 16.1. The van der Waals surface area contributed by atoms with Gasteiger partial charge in [0.05, 0.1) is 10.7 Å². The number of halogens is 1. The molecule has 1 aromatic rings. The van der Waals surface area contributed by atoms with E-state index in [1.165, 1.54) is 11.3 Å². The molecule has 0 spiro atoms. The van der Waals surface area contributed by atoms with Crippen LogP contribution in [0.25, 0.3) is 0 Å². The van der Waals surface area contributed by atoms with Crippen molar-refractivity contribution in [2.75, 3.05) is 18.0 Å². The molecule has 0 aliphatic heterocycles. The van der Waals surface area contributed by atoms with Gasteiger partial charge in [-0.2, -0.15) is 0 Å². The Labute approximate surface area is 129 Å². The third kappa shape index (κ3) is 5.34. The monoisotopic (exact) mass is 296 g/mol. The maximum atomic E-state index is 6.47. The molecule has 0 fully saturated rings. The second-order valence-corrected chi connectivity index (χ2v) is 7.19. The highest BCUT2D eigenvalue weighted by Gasteiger charge is 2.16. The van der Waals surface area contributed by atoms with Crippen LogP contribution in [-0.4, -0.2) is 18.6 Å². The SMILES string of the molecule is CCN(CC(C)C)c1c(Cl)cccc1CNC(C)(C)C. The minimum Gasteiger partial charge on any atom is -0.370 e. The van der Waals surface area contributed by atoms with Gasteiger partial charge in [0.15, 0.2) is 0 Å². The molecular weight excluding hydrogens is 268 g/mol. The average molecular weight is 297 g/mol. The second kappa shape index (κ2) is 7.33. The van der Waals surface area contributed by atoms with Crippen molar-refractivity contribution >= 4 is 17.3 Å². The molecule has 1 N–H and O–H groups in total. The lowest BCUT2D eigenvalue weighted by Gasteiger charge is -2.30. The number of benzene rings is 1. The van der Waals surface area contributed by atoms with E-state index in [-0.39, 0.29) is 5.54 Å². The molecular formula is C17H29ClN2. The van der Waals surface area contributed by atoms with E-state index in [4.69, 9.17) is 11.6 Å². The number of nitrogens with zero attached hydrogens (tertiary/aromatic N) is 1. The van der Waals surface area contributed by atoms with Crippen LogP contribution in [0.2, 0.25) is 5.02 Å². The lowest BCUT2D eigenvalue weighted by atomic mass is 10.1. The summed E-state index contributed by atoms with van der Waals surface area (Å²) in [5.74, 6) is 0.620. The smallest absolute Gasteiger partial charge is 0.0642 e. The Hall–Kier alpha value is -0.730. The predicted molar refractivity (Wildman–Crippen MR) is 90.8 cm³/mol. The molecule has 0 aromatic heterocycles. The van der Waals surface area contributed by atoms with Crippen LogP contribution in [-0.2, 0) is 6.54 Å². The highest BCUT2D eigenvalue weighted by molar-refractivity contribution is 6.33. The maximum absolute atomic E-state index is 6.47. The quantitative estimate of drug-likeness (QED) is 0.818. The second-order valence-electron chi connectivity index (χ2n) is 6.78. The number of para-hydroxylation sites is 1. The van der Waals surface area contributed by atoms with E-state index in [1.807, 2.05) is 12.1 Å². The molecule has 0 aliphatic rings. The predicted octanol–water partition coefficient (Wildman–Crippen LogP) is 4.71. The molecule has 0 bridgehead atoms. The first kappa shape index (κ1) is 17.3. The van der Waals surface area contributed by atoms with Crippen LogP contribution in [0.4, 0.5) is 5.69 Å². The Kier molecular flexibility index (Phi) is 6.35. The number of nitrogens with one attached hydrogen (secondary N) is 1. The van der Waals surface area contributed by atoms with Gasteiger partial charge in [0.25, 0.3) is 0 Å². The van der Waals surface area contributed by atoms with Crippen molar-refractivity contribution in [3.63, 3.8) is 0 Å². The van der Waals surface area contributed by atoms with Crippen molar-refractivity contribution in [1.82, 2.24) is 5.32 Å². The van der Waals surface area contributed by atoms with E-state index < -0.39 is 0 Å². The highest BCUT2D eigenvalue weighted by Crippen LogP contribution is 2.30. The Balaban J connectivity index is 3.03. The van der Waals surface area contributed by atoms with Gasteiger partial charge in [0.1, 0.15) is 0 Å². The number of hydrogen-bond acceptors (Lipinski definition) is 2. The van der Waals surface area contributed by atoms with Gasteiger partial charge in [0.2, 0.25) is 0 Å². The summed E-state index contributed by atoms with van der Waals surface area (Å²) in [7, 11) is 0. The van der Waals surface area contributed by atoms with Crippen LogP contribution in [0, 0.1) is 5.92 Å². The van der Waals surface area contributed by atoms with Gasteiger partial charge >= 0.3 is 0 Å². The van der Waals surface area contributed by atoms with Crippen LogP contribution in [0.1, 0.15) is 47.1 Å². The maximum Gasteiger partial charge on any atom is 0.0642 e. The molecule has 0 atom stereocenters. The standard InChI is InChI=1S/C17H29ClN2/c1-7-20(12-13(2)3)16-14(9-8-10-15(16)18)11-19-17(4,5)6/h8-10,13,19H,7,11-12H2,1-6H3. The van der Waals surface area contributed by atoms with Gasteiger partial charge in [-0.1, -0.05) is 37.6 Å². The molecule has 20 heavy (non-hydrogen) atoms. The lowest BCUT2D eigenvalue weighted by Crippen LogP contribution is -2.36. The lowest BCUT2D eigenvalue weighted by molar-refractivity contribution is 0.424. The van der Waals surface area contributed by atoms with Gasteiger partial charge in [-0.15, -0.1) is 0 Å². The van der Waals surface area contributed by atoms with Crippen molar-refractivity contribution in [3.05, 3.63) is 28.8 Å². The van der Waals surface area contributed by atoms with Crippen molar-refractivity contribution < 1.29 is 0 Å². The van der Waals surface area contributed by atoms with E-state index in [0.29, 0.717) is 5.92 Å². The van der Waals surface area contributed by atoms with Crippen LogP contribution >= 0.6 is 11.6 Å². The topological polar surface area (TPSA) is 15.3 Å². The molecule has 0 unspecified atom stereocenters. The van der Waals surface area contributed by atoms with Crippen LogP contribution in [0.15, 0.2) is 18.2 Å². The van der Waals surface area contributed by atoms with Crippen molar-refractivity contribution in [2.45, 2.75) is 53.6 Å². The number of rotatable bonds is 6. The fraction of sp³-hybridized carbons (Fsp3) is 0.647. The van der Waals surface area contributed by atoms with Crippen LogP contribution < -0.4 is 10.2 Å². The Bertz CT molecular complexity index is 421. The van der Waals surface area contributed by atoms with Gasteiger partial charge in [-0.25, -0.2) is 0 Å². The molecule has 0 radical (unpaired) electrons. The fourth-order valence-corrected chi connectivity index (χ4v) is 2.55. The van der Waals surface area contributed by atoms with E-state index in [9.17, 15) is 0 Å². The zero-order chi connectivity index (χ0) is 15.3. The molecule has 3 heteroatoms.